The van der Waals surface area contributed by atoms with E-state index in [1.165, 1.54) is 0 Å². The monoisotopic (exact) mass is 332 g/mol. The number of hydrogen-bond acceptors (Lipinski definition) is 3. The van der Waals surface area contributed by atoms with Crippen LogP contribution < -0.4 is 5.32 Å². The Hall–Kier alpha value is -0.430. The number of sulfonamides is 1. The van der Waals surface area contributed by atoms with Gasteiger partial charge in [0, 0.05) is 30.1 Å². The normalized spacial score (nSPS) is 22.1. The molecular formula is C12H17BrN2O2S. The molecule has 1 fully saturated rings. The summed E-state index contributed by atoms with van der Waals surface area (Å²) in [4.78, 5) is 0.358. The maximum absolute atomic E-state index is 12.6. The lowest BCUT2D eigenvalue weighted by molar-refractivity contribution is 0.283. The molecule has 0 bridgehead atoms. The topological polar surface area (TPSA) is 49.4 Å². The average molecular weight is 333 g/mol. The molecule has 1 aromatic carbocycles. The molecule has 1 heterocycles. The Morgan fingerprint density at radius 1 is 1.44 bits per heavy atom. The Labute approximate surface area is 117 Å². The zero-order valence-corrected chi connectivity index (χ0v) is 12.9. The molecule has 0 radical (unpaired) electrons. The Balaban J connectivity index is 2.44. The van der Waals surface area contributed by atoms with Crippen molar-refractivity contribution in [3.8, 4) is 0 Å². The number of halogens is 1. The van der Waals surface area contributed by atoms with Gasteiger partial charge in [-0.2, -0.15) is 4.31 Å². The fourth-order valence-electron chi connectivity index (χ4n) is 2.13. The number of piperazine rings is 1. The fraction of sp³-hybridized carbons (Fsp3) is 0.500. The fourth-order valence-corrected chi connectivity index (χ4v) is 4.77. The Morgan fingerprint density at radius 2 is 2.17 bits per heavy atom. The molecule has 1 saturated heterocycles. The predicted octanol–water partition coefficient (Wildman–Crippen LogP) is 1.74. The first kappa shape index (κ1) is 14.0. The second-order valence-corrected chi connectivity index (χ2v) is 7.21. The van der Waals surface area contributed by atoms with Gasteiger partial charge in [-0.05, 0) is 41.4 Å². The molecule has 2 rings (SSSR count). The third-order valence-electron chi connectivity index (χ3n) is 3.18. The summed E-state index contributed by atoms with van der Waals surface area (Å²) in [5.41, 5.74) is 0.930. The van der Waals surface area contributed by atoms with Crippen LogP contribution in [0.4, 0.5) is 0 Å². The molecule has 1 N–H and O–H groups in total. The number of nitrogens with one attached hydrogen (secondary N) is 1. The van der Waals surface area contributed by atoms with Crippen molar-refractivity contribution in [3.63, 3.8) is 0 Å². The van der Waals surface area contributed by atoms with Gasteiger partial charge in [0.25, 0.3) is 0 Å². The summed E-state index contributed by atoms with van der Waals surface area (Å²) in [7, 11) is -3.42. The summed E-state index contributed by atoms with van der Waals surface area (Å²) in [6, 6.07) is 5.31. The highest BCUT2D eigenvalue weighted by Gasteiger charge is 2.32. The first-order valence-corrected chi connectivity index (χ1v) is 8.15. The summed E-state index contributed by atoms with van der Waals surface area (Å²) >= 11 is 3.38. The van der Waals surface area contributed by atoms with Gasteiger partial charge < -0.3 is 5.32 Å². The van der Waals surface area contributed by atoms with Gasteiger partial charge in [-0.3, -0.25) is 0 Å². The third kappa shape index (κ3) is 2.47. The Bertz CT molecular complexity index is 545. The SMILES string of the molecule is Cc1cccc(S(=O)(=O)N2CCNCC2C)c1Br. The Morgan fingerprint density at radius 3 is 2.83 bits per heavy atom. The second-order valence-electron chi connectivity index (χ2n) is 4.56. The lowest BCUT2D eigenvalue weighted by atomic mass is 10.2. The quantitative estimate of drug-likeness (QED) is 0.897. The van der Waals surface area contributed by atoms with Crippen molar-refractivity contribution >= 4 is 26.0 Å². The molecule has 0 aromatic heterocycles. The van der Waals surface area contributed by atoms with E-state index in [2.05, 4.69) is 21.2 Å². The Kier molecular flexibility index (Phi) is 4.11. The van der Waals surface area contributed by atoms with Crippen LogP contribution in [0.15, 0.2) is 27.6 Å². The van der Waals surface area contributed by atoms with E-state index >= 15 is 0 Å². The van der Waals surface area contributed by atoms with E-state index < -0.39 is 10.0 Å². The van der Waals surface area contributed by atoms with Crippen molar-refractivity contribution in [2.45, 2.75) is 24.8 Å². The van der Waals surface area contributed by atoms with Gasteiger partial charge in [0.1, 0.15) is 0 Å². The van der Waals surface area contributed by atoms with Crippen LogP contribution in [-0.2, 0) is 10.0 Å². The maximum Gasteiger partial charge on any atom is 0.244 e. The van der Waals surface area contributed by atoms with Crippen molar-refractivity contribution in [1.82, 2.24) is 9.62 Å². The minimum absolute atomic E-state index is 0.0174. The highest BCUT2D eigenvalue weighted by Crippen LogP contribution is 2.29. The molecule has 0 aliphatic carbocycles. The van der Waals surface area contributed by atoms with E-state index in [-0.39, 0.29) is 6.04 Å². The van der Waals surface area contributed by atoms with E-state index in [0.29, 0.717) is 29.0 Å². The van der Waals surface area contributed by atoms with E-state index in [9.17, 15) is 8.42 Å². The molecule has 0 saturated carbocycles. The van der Waals surface area contributed by atoms with Crippen molar-refractivity contribution in [2.24, 2.45) is 0 Å². The van der Waals surface area contributed by atoms with E-state index in [1.807, 2.05) is 19.9 Å². The molecule has 0 amide bonds. The van der Waals surface area contributed by atoms with Gasteiger partial charge in [-0.25, -0.2) is 8.42 Å². The van der Waals surface area contributed by atoms with Gasteiger partial charge in [0.15, 0.2) is 0 Å². The smallest absolute Gasteiger partial charge is 0.244 e. The molecule has 1 atom stereocenters. The third-order valence-corrected chi connectivity index (χ3v) is 6.55. The van der Waals surface area contributed by atoms with Crippen LogP contribution in [0.2, 0.25) is 0 Å². The van der Waals surface area contributed by atoms with Crippen LogP contribution in [0.5, 0.6) is 0 Å². The predicted molar refractivity (Wildman–Crippen MR) is 75.1 cm³/mol. The van der Waals surface area contributed by atoms with E-state index in [1.54, 1.807) is 16.4 Å². The van der Waals surface area contributed by atoms with Crippen LogP contribution in [0.25, 0.3) is 0 Å². The summed E-state index contributed by atoms with van der Waals surface area (Å²) in [5, 5.41) is 3.20. The molecular weight excluding hydrogens is 316 g/mol. The van der Waals surface area contributed by atoms with E-state index in [4.69, 9.17) is 0 Å². The van der Waals surface area contributed by atoms with Crippen LogP contribution in [0, 0.1) is 6.92 Å². The number of hydrogen-bond donors (Lipinski definition) is 1. The second kappa shape index (κ2) is 5.28. The largest absolute Gasteiger partial charge is 0.314 e. The van der Waals surface area contributed by atoms with Crippen LogP contribution in [0.1, 0.15) is 12.5 Å². The van der Waals surface area contributed by atoms with Gasteiger partial charge >= 0.3 is 0 Å². The number of aryl methyl sites for hydroxylation is 1. The van der Waals surface area contributed by atoms with Crippen molar-refractivity contribution in [2.75, 3.05) is 19.6 Å². The highest BCUT2D eigenvalue weighted by molar-refractivity contribution is 9.10. The number of rotatable bonds is 2. The first-order valence-electron chi connectivity index (χ1n) is 5.92. The minimum atomic E-state index is -3.42. The van der Waals surface area contributed by atoms with Crippen molar-refractivity contribution in [3.05, 3.63) is 28.2 Å². The summed E-state index contributed by atoms with van der Waals surface area (Å²) in [5.74, 6) is 0. The lowest BCUT2D eigenvalue weighted by Crippen LogP contribution is -2.52. The molecule has 100 valence electrons. The highest BCUT2D eigenvalue weighted by atomic mass is 79.9. The van der Waals surface area contributed by atoms with Gasteiger partial charge in [-0.1, -0.05) is 12.1 Å². The van der Waals surface area contributed by atoms with E-state index in [0.717, 1.165) is 5.56 Å². The summed E-state index contributed by atoms with van der Waals surface area (Å²) in [6.07, 6.45) is 0. The van der Waals surface area contributed by atoms with Gasteiger partial charge in [0.2, 0.25) is 10.0 Å². The molecule has 0 spiro atoms. The zero-order valence-electron chi connectivity index (χ0n) is 10.5. The lowest BCUT2D eigenvalue weighted by Gasteiger charge is -2.33. The summed E-state index contributed by atoms with van der Waals surface area (Å²) in [6.45, 7) is 5.73. The molecule has 18 heavy (non-hydrogen) atoms. The zero-order chi connectivity index (χ0) is 13.3. The van der Waals surface area contributed by atoms with Gasteiger partial charge in [0.05, 0.1) is 4.90 Å². The van der Waals surface area contributed by atoms with Crippen molar-refractivity contribution < 1.29 is 8.42 Å². The molecule has 4 nitrogen and oxygen atoms in total. The molecule has 1 aliphatic rings. The van der Waals surface area contributed by atoms with Crippen LogP contribution in [-0.4, -0.2) is 38.4 Å². The molecule has 1 unspecified atom stereocenters. The van der Waals surface area contributed by atoms with Crippen molar-refractivity contribution in [1.29, 1.82) is 0 Å². The van der Waals surface area contributed by atoms with Crippen LogP contribution in [0.3, 0.4) is 0 Å². The molecule has 1 aliphatic heterocycles. The van der Waals surface area contributed by atoms with Crippen LogP contribution >= 0.6 is 15.9 Å². The molecule has 6 heteroatoms. The number of nitrogens with zero attached hydrogens (tertiary/aromatic N) is 1. The molecule has 1 aromatic rings. The minimum Gasteiger partial charge on any atom is -0.314 e. The van der Waals surface area contributed by atoms with Gasteiger partial charge in [-0.15, -0.1) is 0 Å². The first-order chi connectivity index (χ1) is 8.44. The summed E-state index contributed by atoms with van der Waals surface area (Å²) < 4.78 is 27.5. The number of benzene rings is 1. The standard InChI is InChI=1S/C12H17BrN2O2S/c1-9-4-3-5-11(12(9)13)18(16,17)15-7-6-14-8-10(15)2/h3-5,10,14H,6-8H2,1-2H3. The maximum atomic E-state index is 12.6. The average Bonchev–Trinajstić information content (AvgIpc) is 2.32.